The number of carbonyl (C=O) groups is 3. The maximum Gasteiger partial charge on any atom is 0.261 e. The van der Waals surface area contributed by atoms with Crippen molar-refractivity contribution in [2.45, 2.75) is 32.2 Å². The molecule has 1 aromatic carbocycles. The van der Waals surface area contributed by atoms with E-state index in [0.717, 1.165) is 32.5 Å². The van der Waals surface area contributed by atoms with Crippen LogP contribution in [0.25, 0.3) is 0 Å². The van der Waals surface area contributed by atoms with Gasteiger partial charge in [-0.15, -0.1) is 0 Å². The maximum atomic E-state index is 12.2. The number of benzene rings is 1. The van der Waals surface area contributed by atoms with E-state index in [2.05, 4.69) is 12.2 Å². The van der Waals surface area contributed by atoms with Crippen molar-refractivity contribution >= 4 is 17.7 Å². The zero-order valence-corrected chi connectivity index (χ0v) is 14.0. The minimum Gasteiger partial charge on any atom is -0.353 e. The fourth-order valence-electron chi connectivity index (χ4n) is 3.48. The summed E-state index contributed by atoms with van der Waals surface area (Å²) < 4.78 is 0. The smallest absolute Gasteiger partial charge is 0.261 e. The summed E-state index contributed by atoms with van der Waals surface area (Å²) in [5.74, 6) is -0.692. The van der Waals surface area contributed by atoms with Gasteiger partial charge in [-0.3, -0.25) is 19.3 Å². The summed E-state index contributed by atoms with van der Waals surface area (Å²) in [6.45, 7) is 5.60. The number of hydrogen-bond acceptors (Lipinski definition) is 3. The monoisotopic (exact) mass is 330 g/mol. The Morgan fingerprint density at radius 3 is 2.29 bits per heavy atom. The summed E-state index contributed by atoms with van der Waals surface area (Å²) in [5, 5.41) is 3.04. The molecular weight excluding hydrogens is 306 g/mol. The largest absolute Gasteiger partial charge is 0.353 e. The van der Waals surface area contributed by atoms with Gasteiger partial charge in [0.25, 0.3) is 11.8 Å². The third-order valence-corrected chi connectivity index (χ3v) is 5.00. The number of amides is 3. The molecule has 0 spiro atoms. The number of carbonyl (C=O) groups excluding carboxylic acids is 3. The molecule has 1 saturated heterocycles. The molecule has 2 aliphatic heterocycles. The third kappa shape index (κ3) is 3.33. The molecule has 6 nitrogen and oxygen atoms in total. The molecule has 0 bridgehead atoms. The Bertz CT molecular complexity index is 616. The maximum absolute atomic E-state index is 12.2. The molecule has 1 aromatic rings. The summed E-state index contributed by atoms with van der Waals surface area (Å²) in [6.07, 6.45) is 2.14. The highest BCUT2D eigenvalue weighted by Gasteiger charge is 2.35. The first-order valence-electron chi connectivity index (χ1n) is 8.68. The number of nitrogens with zero attached hydrogens (tertiary/aromatic N) is 1. The Morgan fingerprint density at radius 1 is 1.17 bits per heavy atom. The second-order valence-electron chi connectivity index (χ2n) is 6.50. The van der Waals surface area contributed by atoms with Gasteiger partial charge in [0.05, 0.1) is 30.8 Å². The molecule has 6 heteroatoms. The molecule has 2 heterocycles. The Labute approximate surface area is 141 Å². The highest BCUT2D eigenvalue weighted by molar-refractivity contribution is 6.21. The van der Waals surface area contributed by atoms with E-state index >= 15 is 0 Å². The van der Waals surface area contributed by atoms with Crippen molar-refractivity contribution in [3.63, 3.8) is 0 Å². The van der Waals surface area contributed by atoms with Gasteiger partial charge in [-0.05, 0) is 19.1 Å². The van der Waals surface area contributed by atoms with E-state index in [0.29, 0.717) is 11.1 Å². The van der Waals surface area contributed by atoms with Crippen molar-refractivity contribution in [2.24, 2.45) is 0 Å². The van der Waals surface area contributed by atoms with Crippen LogP contribution in [-0.4, -0.2) is 54.8 Å². The van der Waals surface area contributed by atoms with Crippen LogP contribution < -0.4 is 10.2 Å². The van der Waals surface area contributed by atoms with Crippen LogP contribution in [0.3, 0.4) is 0 Å². The second kappa shape index (κ2) is 7.13. The fourth-order valence-corrected chi connectivity index (χ4v) is 3.48. The van der Waals surface area contributed by atoms with Gasteiger partial charge in [-0.25, -0.2) is 0 Å². The van der Waals surface area contributed by atoms with Crippen LogP contribution in [0.2, 0.25) is 0 Å². The van der Waals surface area contributed by atoms with Crippen molar-refractivity contribution in [3.05, 3.63) is 35.4 Å². The van der Waals surface area contributed by atoms with Gasteiger partial charge >= 0.3 is 0 Å². The molecule has 0 radical (unpaired) electrons. The van der Waals surface area contributed by atoms with E-state index in [1.54, 1.807) is 29.2 Å². The minimum absolute atomic E-state index is 0.0866. The van der Waals surface area contributed by atoms with Gasteiger partial charge in [0.1, 0.15) is 0 Å². The molecule has 0 saturated carbocycles. The van der Waals surface area contributed by atoms with E-state index in [4.69, 9.17) is 0 Å². The molecule has 24 heavy (non-hydrogen) atoms. The number of nitrogens with one attached hydrogen (secondary N) is 2. The number of hydrogen-bond donors (Lipinski definition) is 2. The highest BCUT2D eigenvalue weighted by Crippen LogP contribution is 2.22. The average Bonchev–Trinajstić information content (AvgIpc) is 2.85. The zero-order valence-electron chi connectivity index (χ0n) is 14.0. The summed E-state index contributed by atoms with van der Waals surface area (Å²) in [7, 11) is 0. The molecule has 0 aliphatic carbocycles. The predicted octanol–water partition coefficient (Wildman–Crippen LogP) is -0.144. The lowest BCUT2D eigenvalue weighted by molar-refractivity contribution is -0.903. The molecule has 2 aliphatic rings. The molecule has 0 atom stereocenters. The molecule has 128 valence electrons. The van der Waals surface area contributed by atoms with E-state index < -0.39 is 0 Å². The minimum atomic E-state index is -0.303. The van der Waals surface area contributed by atoms with Crippen molar-refractivity contribution in [3.8, 4) is 0 Å². The molecule has 2 N–H and O–H groups in total. The lowest BCUT2D eigenvalue weighted by Gasteiger charge is -2.29. The van der Waals surface area contributed by atoms with Gasteiger partial charge in [-0.2, -0.15) is 0 Å². The van der Waals surface area contributed by atoms with Crippen LogP contribution in [0.4, 0.5) is 0 Å². The Kier molecular flexibility index (Phi) is 4.94. The summed E-state index contributed by atoms with van der Waals surface area (Å²) in [6, 6.07) is 7.00. The molecule has 3 rings (SSSR count). The van der Waals surface area contributed by atoms with E-state index in [-0.39, 0.29) is 36.7 Å². The summed E-state index contributed by atoms with van der Waals surface area (Å²) in [4.78, 5) is 39.4. The average molecular weight is 330 g/mol. The Morgan fingerprint density at radius 2 is 1.75 bits per heavy atom. The zero-order chi connectivity index (χ0) is 17.1. The Balaban J connectivity index is 1.49. The van der Waals surface area contributed by atoms with Crippen LogP contribution in [-0.2, 0) is 4.79 Å². The van der Waals surface area contributed by atoms with E-state index in [1.165, 1.54) is 4.90 Å². The number of fused-ring (bicyclic) bond motifs is 1. The molecule has 3 amide bonds. The van der Waals surface area contributed by atoms with Gasteiger partial charge < -0.3 is 10.2 Å². The van der Waals surface area contributed by atoms with E-state index in [9.17, 15) is 14.4 Å². The van der Waals surface area contributed by atoms with Crippen molar-refractivity contribution in [1.29, 1.82) is 0 Å². The third-order valence-electron chi connectivity index (χ3n) is 5.00. The highest BCUT2D eigenvalue weighted by atomic mass is 16.2. The quantitative estimate of drug-likeness (QED) is 0.738. The molecular formula is C18H24N3O3+. The fraction of sp³-hybridized carbons (Fsp3) is 0.500. The van der Waals surface area contributed by atoms with Crippen LogP contribution in [0.5, 0.6) is 0 Å². The van der Waals surface area contributed by atoms with Gasteiger partial charge in [0, 0.05) is 31.8 Å². The molecule has 0 aromatic heterocycles. The van der Waals surface area contributed by atoms with Crippen molar-refractivity contribution < 1.29 is 19.3 Å². The normalized spacial score (nSPS) is 23.3. The van der Waals surface area contributed by atoms with Crippen molar-refractivity contribution in [1.82, 2.24) is 10.2 Å². The van der Waals surface area contributed by atoms with Crippen LogP contribution in [0.15, 0.2) is 24.3 Å². The number of likely N-dealkylation sites (tertiary alicyclic amines) is 1. The SMILES string of the molecule is CC[NH+]1CCC(NC(=O)CCN2C(=O)c3ccccc3C2=O)CC1. The topological polar surface area (TPSA) is 70.9 Å². The number of imide groups is 1. The van der Waals surface area contributed by atoms with Crippen LogP contribution in [0, 0.1) is 0 Å². The van der Waals surface area contributed by atoms with Crippen LogP contribution >= 0.6 is 0 Å². The first-order valence-corrected chi connectivity index (χ1v) is 8.68. The predicted molar refractivity (Wildman–Crippen MR) is 88.8 cm³/mol. The van der Waals surface area contributed by atoms with Gasteiger partial charge in [-0.1, -0.05) is 12.1 Å². The number of quaternary nitrogens is 1. The molecule has 1 fully saturated rings. The lowest BCUT2D eigenvalue weighted by atomic mass is 10.0. The second-order valence-corrected chi connectivity index (χ2v) is 6.50. The number of rotatable bonds is 5. The lowest BCUT2D eigenvalue weighted by Crippen LogP contribution is -3.13. The standard InChI is InChI=1S/C18H23N3O3/c1-2-20-10-7-13(8-11-20)19-16(22)9-12-21-17(23)14-5-3-4-6-15(14)18(21)24/h3-6,13H,2,7-12H2,1H3,(H,19,22)/p+1. The van der Waals surface area contributed by atoms with Gasteiger partial charge in [0.2, 0.25) is 5.91 Å². The summed E-state index contributed by atoms with van der Waals surface area (Å²) >= 11 is 0. The van der Waals surface area contributed by atoms with E-state index in [1.807, 2.05) is 0 Å². The first kappa shape index (κ1) is 16.6. The Hall–Kier alpha value is -2.21. The summed E-state index contributed by atoms with van der Waals surface area (Å²) in [5.41, 5.74) is 0.857. The van der Waals surface area contributed by atoms with Crippen LogP contribution in [0.1, 0.15) is 46.9 Å². The first-order chi connectivity index (χ1) is 11.6. The van der Waals surface area contributed by atoms with Crippen molar-refractivity contribution in [2.75, 3.05) is 26.2 Å². The number of piperidine rings is 1. The molecule has 0 unspecified atom stereocenters. The van der Waals surface area contributed by atoms with Gasteiger partial charge in [0.15, 0.2) is 0 Å².